The molecule has 4 rings (SSSR count). The monoisotopic (exact) mass is 395 g/mol. The fourth-order valence-corrected chi connectivity index (χ4v) is 7.32. The molecule has 2 bridgehead atoms. The normalized spacial score (nSPS) is 24.0. The van der Waals surface area contributed by atoms with Crippen LogP contribution in [0.2, 0.25) is 0 Å². The molecule has 0 unspecified atom stereocenters. The maximum absolute atomic E-state index is 13.0. The number of nitrogens with zero attached hydrogens (tertiary/aromatic N) is 1. The Bertz CT molecular complexity index is 763. The molecular weight excluding hydrogens is 365 g/mol. The van der Waals surface area contributed by atoms with E-state index in [9.17, 15) is 4.79 Å². The van der Waals surface area contributed by atoms with Crippen molar-refractivity contribution in [1.82, 2.24) is 4.90 Å². The highest BCUT2D eigenvalue weighted by Gasteiger charge is 2.49. The van der Waals surface area contributed by atoms with Gasteiger partial charge in [-0.05, 0) is 70.6 Å². The van der Waals surface area contributed by atoms with Crippen molar-refractivity contribution in [3.05, 3.63) is 60.7 Å². The Kier molecular flexibility index (Phi) is 5.47. The number of amides is 1. The van der Waals surface area contributed by atoms with Crippen LogP contribution in [0.25, 0.3) is 0 Å². The topological polar surface area (TPSA) is 29.5 Å². The Hall–Kier alpha value is -1.86. The molecule has 1 aliphatic carbocycles. The molecule has 0 N–H and O–H groups in total. The van der Waals surface area contributed by atoms with Crippen LogP contribution in [-0.2, 0) is 4.74 Å². The van der Waals surface area contributed by atoms with E-state index in [0.717, 1.165) is 19.0 Å². The molecule has 1 amide bonds. The number of hydrogen-bond donors (Lipinski definition) is 0. The molecule has 2 aromatic rings. The summed E-state index contributed by atoms with van der Waals surface area (Å²) in [6.07, 6.45) is 4.39. The van der Waals surface area contributed by atoms with E-state index in [1.165, 1.54) is 17.0 Å². The summed E-state index contributed by atoms with van der Waals surface area (Å²) >= 11 is 0. The molecule has 148 valence electrons. The van der Waals surface area contributed by atoms with Gasteiger partial charge in [-0.15, -0.1) is 0 Å². The standard InChI is InChI=1S/C24H30NO2P/c1-24(2,3)27-23(26)25-19-15-14-18(16-19)22(25)17-28(20-10-6-4-7-11-20)21-12-8-5-9-13-21/h4-13,18-19,22H,14-17H2,1-3H3/t18-,19+,22+/m1/s1. The van der Waals surface area contributed by atoms with E-state index >= 15 is 0 Å². The van der Waals surface area contributed by atoms with Crippen molar-refractivity contribution >= 4 is 24.6 Å². The molecule has 3 nitrogen and oxygen atoms in total. The molecule has 1 aliphatic heterocycles. The van der Waals surface area contributed by atoms with Gasteiger partial charge >= 0.3 is 6.09 Å². The number of carbonyl (C=O) groups excluding carboxylic acids is 1. The first-order valence-corrected chi connectivity index (χ1v) is 11.8. The van der Waals surface area contributed by atoms with Crippen LogP contribution in [0.15, 0.2) is 60.7 Å². The average molecular weight is 395 g/mol. The van der Waals surface area contributed by atoms with E-state index in [-0.39, 0.29) is 12.1 Å². The van der Waals surface area contributed by atoms with Crippen LogP contribution in [0.3, 0.4) is 0 Å². The molecule has 2 aliphatic rings. The zero-order valence-corrected chi connectivity index (χ0v) is 17.9. The molecule has 1 heterocycles. The molecule has 2 fully saturated rings. The van der Waals surface area contributed by atoms with E-state index in [1.807, 2.05) is 20.8 Å². The van der Waals surface area contributed by atoms with Crippen molar-refractivity contribution in [2.24, 2.45) is 5.92 Å². The van der Waals surface area contributed by atoms with Crippen molar-refractivity contribution in [1.29, 1.82) is 0 Å². The van der Waals surface area contributed by atoms with Gasteiger partial charge in [0.2, 0.25) is 0 Å². The molecule has 1 saturated carbocycles. The van der Waals surface area contributed by atoms with E-state index in [0.29, 0.717) is 12.0 Å². The highest BCUT2D eigenvalue weighted by Crippen LogP contribution is 2.48. The predicted molar refractivity (Wildman–Crippen MR) is 117 cm³/mol. The Morgan fingerprint density at radius 2 is 1.57 bits per heavy atom. The van der Waals surface area contributed by atoms with Crippen molar-refractivity contribution in [3.8, 4) is 0 Å². The third kappa shape index (κ3) is 4.10. The lowest BCUT2D eigenvalue weighted by Gasteiger charge is -2.38. The summed E-state index contributed by atoms with van der Waals surface area (Å²) in [5, 5.41) is 2.77. The number of piperidine rings is 1. The second-order valence-electron chi connectivity index (χ2n) is 8.96. The summed E-state index contributed by atoms with van der Waals surface area (Å²) in [5.41, 5.74) is -0.451. The SMILES string of the molecule is CC(C)(C)OC(=O)N1[C@H]2CC[C@H](C2)[C@@H]1CP(c1ccccc1)c1ccccc1. The molecule has 0 aromatic heterocycles. The quantitative estimate of drug-likeness (QED) is 0.689. The summed E-state index contributed by atoms with van der Waals surface area (Å²) in [5.74, 6) is 0.606. The fourth-order valence-electron chi connectivity index (χ4n) is 4.69. The van der Waals surface area contributed by atoms with Gasteiger partial charge in [0.25, 0.3) is 0 Å². The first-order valence-electron chi connectivity index (χ1n) is 10.3. The highest BCUT2D eigenvalue weighted by molar-refractivity contribution is 7.73. The number of hydrogen-bond acceptors (Lipinski definition) is 2. The van der Waals surface area contributed by atoms with Crippen molar-refractivity contribution in [2.75, 3.05) is 6.16 Å². The minimum atomic E-state index is -0.508. The van der Waals surface area contributed by atoms with Gasteiger partial charge in [0.1, 0.15) is 5.60 Å². The van der Waals surface area contributed by atoms with Crippen LogP contribution in [0.4, 0.5) is 4.79 Å². The molecule has 28 heavy (non-hydrogen) atoms. The third-order valence-electron chi connectivity index (χ3n) is 5.85. The van der Waals surface area contributed by atoms with Gasteiger partial charge in [0.05, 0.1) is 0 Å². The van der Waals surface area contributed by atoms with Gasteiger partial charge in [-0.2, -0.15) is 0 Å². The summed E-state index contributed by atoms with van der Waals surface area (Å²) in [6.45, 7) is 5.86. The number of carbonyl (C=O) groups is 1. The molecule has 0 spiro atoms. The lowest BCUT2D eigenvalue weighted by molar-refractivity contribution is 0.0101. The number of fused-ring (bicyclic) bond motifs is 2. The smallest absolute Gasteiger partial charge is 0.410 e. The highest BCUT2D eigenvalue weighted by atomic mass is 31.1. The average Bonchev–Trinajstić information content (AvgIpc) is 3.27. The minimum Gasteiger partial charge on any atom is -0.444 e. The van der Waals surface area contributed by atoms with E-state index in [2.05, 4.69) is 65.6 Å². The van der Waals surface area contributed by atoms with E-state index < -0.39 is 13.5 Å². The maximum atomic E-state index is 13.0. The molecule has 4 heteroatoms. The largest absolute Gasteiger partial charge is 0.444 e. The molecule has 0 radical (unpaired) electrons. The molecule has 3 atom stereocenters. The lowest BCUT2D eigenvalue weighted by Crippen LogP contribution is -2.49. The zero-order valence-electron chi connectivity index (χ0n) is 17.0. The first-order chi connectivity index (χ1) is 13.4. The minimum absolute atomic E-state index is 0.124. The lowest BCUT2D eigenvalue weighted by atomic mass is 10.0. The van der Waals surface area contributed by atoms with Crippen LogP contribution >= 0.6 is 7.92 Å². The second-order valence-corrected chi connectivity index (χ2v) is 11.2. The molecular formula is C24H30NO2P. The molecule has 1 saturated heterocycles. The van der Waals surface area contributed by atoms with Gasteiger partial charge in [-0.25, -0.2) is 4.79 Å². The van der Waals surface area contributed by atoms with Crippen molar-refractivity contribution < 1.29 is 9.53 Å². The molecule has 2 aromatic carbocycles. The van der Waals surface area contributed by atoms with Gasteiger partial charge in [-0.1, -0.05) is 60.7 Å². The van der Waals surface area contributed by atoms with Crippen LogP contribution in [0, 0.1) is 5.92 Å². The van der Waals surface area contributed by atoms with E-state index in [4.69, 9.17) is 4.74 Å². The van der Waals surface area contributed by atoms with Crippen LogP contribution in [-0.4, -0.2) is 34.8 Å². The van der Waals surface area contributed by atoms with Crippen molar-refractivity contribution in [3.63, 3.8) is 0 Å². The Morgan fingerprint density at radius 1 is 1.00 bits per heavy atom. The first kappa shape index (κ1) is 19.5. The summed E-state index contributed by atoms with van der Waals surface area (Å²) in [4.78, 5) is 15.1. The van der Waals surface area contributed by atoms with Gasteiger partial charge in [-0.3, -0.25) is 0 Å². The predicted octanol–water partition coefficient (Wildman–Crippen LogP) is 4.91. The van der Waals surface area contributed by atoms with Crippen LogP contribution < -0.4 is 10.6 Å². The Morgan fingerprint density at radius 3 is 2.11 bits per heavy atom. The van der Waals surface area contributed by atoms with Crippen molar-refractivity contribution in [2.45, 2.75) is 57.7 Å². The summed E-state index contributed by atoms with van der Waals surface area (Å²) < 4.78 is 5.79. The number of ether oxygens (including phenoxy) is 1. The second kappa shape index (κ2) is 7.87. The van der Waals surface area contributed by atoms with Gasteiger partial charge in [0.15, 0.2) is 0 Å². The Balaban J connectivity index is 1.62. The third-order valence-corrected chi connectivity index (χ3v) is 8.43. The number of benzene rings is 2. The van der Waals surface area contributed by atoms with Gasteiger partial charge < -0.3 is 9.64 Å². The maximum Gasteiger partial charge on any atom is 0.410 e. The number of likely N-dealkylation sites (tertiary alicyclic amines) is 1. The zero-order chi connectivity index (χ0) is 19.7. The van der Waals surface area contributed by atoms with Crippen LogP contribution in [0.1, 0.15) is 40.0 Å². The number of rotatable bonds is 4. The Labute approximate surface area is 169 Å². The fraction of sp³-hybridized carbons (Fsp3) is 0.458. The van der Waals surface area contributed by atoms with E-state index in [1.54, 1.807) is 0 Å². The van der Waals surface area contributed by atoms with Crippen LogP contribution in [0.5, 0.6) is 0 Å². The summed E-state index contributed by atoms with van der Waals surface area (Å²) in [6, 6.07) is 22.2. The summed E-state index contributed by atoms with van der Waals surface area (Å²) in [7, 11) is -0.508. The van der Waals surface area contributed by atoms with Gasteiger partial charge in [0, 0.05) is 12.1 Å².